The highest BCUT2D eigenvalue weighted by Gasteiger charge is 2.32. The van der Waals surface area contributed by atoms with Crippen molar-refractivity contribution in [3.8, 4) is 0 Å². The maximum Gasteiger partial charge on any atom is 0.0198 e. The predicted molar refractivity (Wildman–Crippen MR) is 55.8 cm³/mol. The lowest BCUT2D eigenvalue weighted by molar-refractivity contribution is 0.178. The SMILES string of the molecule is CC(C)C[C@H]1CN(C2CC2)CCN1. The summed E-state index contributed by atoms with van der Waals surface area (Å²) < 4.78 is 0. The third-order valence-corrected chi connectivity index (χ3v) is 3.11. The molecule has 0 aromatic rings. The molecule has 2 nitrogen and oxygen atoms in total. The van der Waals surface area contributed by atoms with Crippen LogP contribution in [0.3, 0.4) is 0 Å². The number of piperazine rings is 1. The molecule has 1 saturated carbocycles. The van der Waals surface area contributed by atoms with Crippen LogP contribution in [-0.4, -0.2) is 36.6 Å². The first kappa shape index (κ1) is 9.47. The van der Waals surface area contributed by atoms with Gasteiger partial charge in [-0.1, -0.05) is 13.8 Å². The number of hydrogen-bond donors (Lipinski definition) is 1. The second-order valence-electron chi connectivity index (χ2n) is 5.01. The van der Waals surface area contributed by atoms with Gasteiger partial charge >= 0.3 is 0 Å². The molecule has 0 bridgehead atoms. The fourth-order valence-electron chi connectivity index (χ4n) is 2.35. The van der Waals surface area contributed by atoms with Crippen LogP contribution in [-0.2, 0) is 0 Å². The third kappa shape index (κ3) is 2.68. The molecule has 0 aromatic heterocycles. The summed E-state index contributed by atoms with van der Waals surface area (Å²) in [4.78, 5) is 2.68. The zero-order chi connectivity index (χ0) is 9.26. The molecule has 1 aliphatic carbocycles. The van der Waals surface area contributed by atoms with Crippen LogP contribution >= 0.6 is 0 Å². The van der Waals surface area contributed by atoms with Crippen molar-refractivity contribution in [2.24, 2.45) is 5.92 Å². The summed E-state index contributed by atoms with van der Waals surface area (Å²) in [5.74, 6) is 0.830. The van der Waals surface area contributed by atoms with E-state index in [0.29, 0.717) is 0 Å². The number of nitrogens with zero attached hydrogens (tertiary/aromatic N) is 1. The lowest BCUT2D eigenvalue weighted by Gasteiger charge is -2.34. The van der Waals surface area contributed by atoms with Crippen molar-refractivity contribution in [3.05, 3.63) is 0 Å². The zero-order valence-corrected chi connectivity index (χ0v) is 8.92. The Labute approximate surface area is 81.7 Å². The van der Waals surface area contributed by atoms with E-state index in [1.807, 2.05) is 0 Å². The van der Waals surface area contributed by atoms with Gasteiger partial charge in [-0.15, -0.1) is 0 Å². The van der Waals surface area contributed by atoms with Crippen molar-refractivity contribution in [2.45, 2.75) is 45.2 Å². The first-order chi connectivity index (χ1) is 6.25. The Balaban J connectivity index is 1.77. The molecular weight excluding hydrogens is 160 g/mol. The highest BCUT2D eigenvalue weighted by atomic mass is 15.2. The second-order valence-corrected chi connectivity index (χ2v) is 5.01. The Kier molecular flexibility index (Phi) is 2.89. The molecule has 0 radical (unpaired) electrons. The van der Waals surface area contributed by atoms with Crippen molar-refractivity contribution in [1.29, 1.82) is 0 Å². The summed E-state index contributed by atoms with van der Waals surface area (Å²) in [5.41, 5.74) is 0. The Morgan fingerprint density at radius 3 is 2.77 bits per heavy atom. The predicted octanol–water partition coefficient (Wildman–Crippen LogP) is 1.47. The number of hydrogen-bond acceptors (Lipinski definition) is 2. The maximum absolute atomic E-state index is 3.62. The van der Waals surface area contributed by atoms with E-state index in [-0.39, 0.29) is 0 Å². The highest BCUT2D eigenvalue weighted by molar-refractivity contribution is 4.90. The molecule has 0 aromatic carbocycles. The smallest absolute Gasteiger partial charge is 0.0198 e. The van der Waals surface area contributed by atoms with Gasteiger partial charge in [0.2, 0.25) is 0 Å². The van der Waals surface area contributed by atoms with E-state index < -0.39 is 0 Å². The van der Waals surface area contributed by atoms with Crippen molar-refractivity contribution >= 4 is 0 Å². The summed E-state index contributed by atoms with van der Waals surface area (Å²) in [6, 6.07) is 1.71. The lowest BCUT2D eigenvalue weighted by atomic mass is 10.0. The molecule has 1 N–H and O–H groups in total. The summed E-state index contributed by atoms with van der Waals surface area (Å²) in [5, 5.41) is 3.62. The van der Waals surface area contributed by atoms with Gasteiger partial charge in [0.15, 0.2) is 0 Å². The molecule has 13 heavy (non-hydrogen) atoms. The van der Waals surface area contributed by atoms with Crippen LogP contribution in [0, 0.1) is 5.92 Å². The van der Waals surface area contributed by atoms with Gasteiger partial charge in [0.05, 0.1) is 0 Å². The Bertz CT molecular complexity index is 163. The molecule has 1 aliphatic heterocycles. The number of rotatable bonds is 3. The van der Waals surface area contributed by atoms with Gasteiger partial charge in [-0.25, -0.2) is 0 Å². The summed E-state index contributed by atoms with van der Waals surface area (Å²) in [6.07, 6.45) is 4.24. The minimum Gasteiger partial charge on any atom is -0.311 e. The minimum atomic E-state index is 0.759. The van der Waals surface area contributed by atoms with E-state index in [9.17, 15) is 0 Å². The molecule has 2 rings (SSSR count). The first-order valence-electron chi connectivity index (χ1n) is 5.73. The fraction of sp³-hybridized carbons (Fsp3) is 1.00. The van der Waals surface area contributed by atoms with E-state index >= 15 is 0 Å². The van der Waals surface area contributed by atoms with Gasteiger partial charge in [-0.2, -0.15) is 0 Å². The molecule has 1 saturated heterocycles. The molecule has 0 unspecified atom stereocenters. The minimum absolute atomic E-state index is 0.759. The van der Waals surface area contributed by atoms with Crippen LogP contribution in [0.1, 0.15) is 33.1 Å². The van der Waals surface area contributed by atoms with Gasteiger partial charge in [0, 0.05) is 31.7 Å². The highest BCUT2D eigenvalue weighted by Crippen LogP contribution is 2.27. The van der Waals surface area contributed by atoms with Gasteiger partial charge < -0.3 is 5.32 Å². The zero-order valence-electron chi connectivity index (χ0n) is 8.92. The average molecular weight is 182 g/mol. The van der Waals surface area contributed by atoms with Crippen LogP contribution in [0.25, 0.3) is 0 Å². The maximum atomic E-state index is 3.62. The van der Waals surface area contributed by atoms with Crippen molar-refractivity contribution in [1.82, 2.24) is 10.2 Å². The average Bonchev–Trinajstić information content (AvgIpc) is 2.85. The molecule has 0 spiro atoms. The quantitative estimate of drug-likeness (QED) is 0.711. The fourth-order valence-corrected chi connectivity index (χ4v) is 2.35. The lowest BCUT2D eigenvalue weighted by Crippen LogP contribution is -2.51. The number of nitrogens with one attached hydrogen (secondary N) is 1. The summed E-state index contributed by atoms with van der Waals surface area (Å²) in [7, 11) is 0. The molecule has 1 atom stereocenters. The standard InChI is InChI=1S/C11H22N2/c1-9(2)7-10-8-13(6-5-12-10)11-3-4-11/h9-12H,3-8H2,1-2H3/t10-/m0/s1. The Hall–Kier alpha value is -0.0800. The molecule has 2 fully saturated rings. The molecular formula is C11H22N2. The van der Waals surface area contributed by atoms with E-state index in [4.69, 9.17) is 0 Å². The van der Waals surface area contributed by atoms with Gasteiger partial charge in [-0.05, 0) is 25.2 Å². The van der Waals surface area contributed by atoms with E-state index in [2.05, 4.69) is 24.1 Å². The van der Waals surface area contributed by atoms with Crippen LogP contribution in [0.15, 0.2) is 0 Å². The monoisotopic (exact) mass is 182 g/mol. The summed E-state index contributed by atoms with van der Waals surface area (Å²) >= 11 is 0. The first-order valence-corrected chi connectivity index (χ1v) is 5.73. The largest absolute Gasteiger partial charge is 0.311 e. The normalized spacial score (nSPS) is 31.2. The van der Waals surface area contributed by atoms with Crippen molar-refractivity contribution < 1.29 is 0 Å². The summed E-state index contributed by atoms with van der Waals surface area (Å²) in [6.45, 7) is 8.41. The topological polar surface area (TPSA) is 15.3 Å². The molecule has 2 aliphatic rings. The van der Waals surface area contributed by atoms with Gasteiger partial charge in [0.1, 0.15) is 0 Å². The molecule has 0 amide bonds. The van der Waals surface area contributed by atoms with E-state index in [1.165, 1.54) is 38.9 Å². The van der Waals surface area contributed by atoms with E-state index in [0.717, 1.165) is 18.0 Å². The van der Waals surface area contributed by atoms with Crippen LogP contribution in [0.4, 0.5) is 0 Å². The Morgan fingerprint density at radius 2 is 2.15 bits per heavy atom. The van der Waals surface area contributed by atoms with Gasteiger partial charge in [-0.3, -0.25) is 4.90 Å². The van der Waals surface area contributed by atoms with Crippen molar-refractivity contribution in [3.63, 3.8) is 0 Å². The van der Waals surface area contributed by atoms with Gasteiger partial charge in [0.25, 0.3) is 0 Å². The molecule has 1 heterocycles. The van der Waals surface area contributed by atoms with E-state index in [1.54, 1.807) is 0 Å². The Morgan fingerprint density at radius 1 is 1.38 bits per heavy atom. The second kappa shape index (κ2) is 3.97. The molecule has 2 heteroatoms. The van der Waals surface area contributed by atoms with Crippen molar-refractivity contribution in [2.75, 3.05) is 19.6 Å². The van der Waals surface area contributed by atoms with Crippen LogP contribution in [0.2, 0.25) is 0 Å². The third-order valence-electron chi connectivity index (χ3n) is 3.11. The van der Waals surface area contributed by atoms with Crippen LogP contribution in [0.5, 0.6) is 0 Å². The molecule has 76 valence electrons. The van der Waals surface area contributed by atoms with Crippen LogP contribution < -0.4 is 5.32 Å².